The molecule has 5 nitrogen and oxygen atoms in total. The summed E-state index contributed by atoms with van der Waals surface area (Å²) in [5, 5.41) is 0. The van der Waals surface area contributed by atoms with Crippen molar-refractivity contribution in [3.8, 4) is 0 Å². The lowest BCUT2D eigenvalue weighted by atomic mass is 10.3. The van der Waals surface area contributed by atoms with Gasteiger partial charge in [-0.3, -0.25) is 14.0 Å². The van der Waals surface area contributed by atoms with Gasteiger partial charge in [0.15, 0.2) is 0 Å². The Morgan fingerprint density at radius 1 is 1.47 bits per heavy atom. The molecule has 0 radical (unpaired) electrons. The highest BCUT2D eigenvalue weighted by molar-refractivity contribution is 5.69. The number of ether oxygens (including phenoxy) is 1. The number of aromatic nitrogens is 2. The van der Waals surface area contributed by atoms with Gasteiger partial charge >= 0.3 is 5.97 Å². The Kier molecular flexibility index (Phi) is 3.94. The molecule has 0 aliphatic heterocycles. The van der Waals surface area contributed by atoms with Gasteiger partial charge in [-0.05, 0) is 25.0 Å². The quantitative estimate of drug-likeness (QED) is 0.787. The fraction of sp³-hybridized carbons (Fsp3) is 0.357. The topological polar surface area (TPSA) is 60.7 Å². The van der Waals surface area contributed by atoms with Crippen molar-refractivity contribution < 1.29 is 9.53 Å². The van der Waals surface area contributed by atoms with E-state index in [4.69, 9.17) is 4.74 Å². The Hall–Kier alpha value is -2.17. The molecule has 0 aromatic carbocycles. The molecule has 100 valence electrons. The van der Waals surface area contributed by atoms with E-state index in [0.29, 0.717) is 17.8 Å². The van der Waals surface area contributed by atoms with Crippen LogP contribution in [0.4, 0.5) is 0 Å². The summed E-state index contributed by atoms with van der Waals surface area (Å²) in [5.74, 6) is -0.269. The van der Waals surface area contributed by atoms with Gasteiger partial charge in [-0.25, -0.2) is 4.98 Å². The maximum atomic E-state index is 11.9. The molecule has 2 rings (SSSR count). The Morgan fingerprint density at radius 3 is 3.00 bits per heavy atom. The van der Waals surface area contributed by atoms with Gasteiger partial charge in [0, 0.05) is 18.7 Å². The van der Waals surface area contributed by atoms with Gasteiger partial charge in [-0.15, -0.1) is 0 Å². The first-order valence-corrected chi connectivity index (χ1v) is 6.25. The molecule has 0 bridgehead atoms. The maximum absolute atomic E-state index is 11.9. The molecular weight excluding hydrogens is 244 g/mol. The molecule has 0 unspecified atom stereocenters. The lowest BCUT2D eigenvalue weighted by molar-refractivity contribution is -0.145. The number of nitrogens with zero attached hydrogens (tertiary/aromatic N) is 2. The van der Waals surface area contributed by atoms with E-state index in [1.807, 2.05) is 19.9 Å². The van der Waals surface area contributed by atoms with Crippen molar-refractivity contribution in [2.45, 2.75) is 33.3 Å². The highest BCUT2D eigenvalue weighted by Gasteiger charge is 2.07. The maximum Gasteiger partial charge on any atom is 0.306 e. The van der Waals surface area contributed by atoms with Crippen LogP contribution < -0.4 is 5.56 Å². The van der Waals surface area contributed by atoms with Crippen LogP contribution in [-0.4, -0.2) is 15.4 Å². The van der Waals surface area contributed by atoms with Crippen molar-refractivity contribution in [3.63, 3.8) is 0 Å². The molecule has 2 aromatic rings. The first kappa shape index (κ1) is 13.3. The third-order valence-corrected chi connectivity index (χ3v) is 2.77. The average molecular weight is 260 g/mol. The first-order valence-electron chi connectivity index (χ1n) is 6.25. The molecular formula is C14H16N2O3. The predicted molar refractivity (Wildman–Crippen MR) is 70.9 cm³/mol. The summed E-state index contributed by atoms with van der Waals surface area (Å²) in [6.45, 7) is 3.83. The van der Waals surface area contributed by atoms with E-state index in [0.717, 1.165) is 12.0 Å². The Labute approximate surface area is 110 Å². The van der Waals surface area contributed by atoms with E-state index >= 15 is 0 Å². The molecule has 2 aromatic heterocycles. The zero-order valence-electron chi connectivity index (χ0n) is 11.0. The van der Waals surface area contributed by atoms with Gasteiger partial charge < -0.3 is 4.74 Å². The van der Waals surface area contributed by atoms with E-state index in [2.05, 4.69) is 4.98 Å². The summed E-state index contributed by atoms with van der Waals surface area (Å²) in [5.41, 5.74) is 1.80. The molecule has 19 heavy (non-hydrogen) atoms. The number of fused-ring (bicyclic) bond motifs is 1. The Morgan fingerprint density at radius 2 is 2.26 bits per heavy atom. The first-order chi connectivity index (χ1) is 9.11. The van der Waals surface area contributed by atoms with Crippen molar-refractivity contribution in [2.24, 2.45) is 0 Å². The molecule has 0 spiro atoms. The van der Waals surface area contributed by atoms with Crippen LogP contribution in [0.3, 0.4) is 0 Å². The van der Waals surface area contributed by atoms with Crippen molar-refractivity contribution in [3.05, 3.63) is 46.0 Å². The second kappa shape index (κ2) is 5.65. The molecule has 0 fully saturated rings. The van der Waals surface area contributed by atoms with Crippen LogP contribution >= 0.6 is 0 Å². The molecule has 0 atom stereocenters. The van der Waals surface area contributed by atoms with Crippen LogP contribution in [0.2, 0.25) is 0 Å². The second-order valence-corrected chi connectivity index (χ2v) is 4.38. The van der Waals surface area contributed by atoms with Crippen LogP contribution in [0, 0.1) is 6.92 Å². The minimum Gasteiger partial charge on any atom is -0.459 e. The van der Waals surface area contributed by atoms with Crippen molar-refractivity contribution >= 4 is 11.6 Å². The summed E-state index contributed by atoms with van der Waals surface area (Å²) in [6, 6.07) is 5.08. The number of esters is 1. The van der Waals surface area contributed by atoms with E-state index < -0.39 is 0 Å². The molecule has 0 N–H and O–H groups in total. The van der Waals surface area contributed by atoms with E-state index in [9.17, 15) is 9.59 Å². The average Bonchev–Trinajstić information content (AvgIpc) is 2.38. The predicted octanol–water partition coefficient (Wildman–Crippen LogP) is 1.85. The fourth-order valence-electron chi connectivity index (χ4n) is 1.81. The van der Waals surface area contributed by atoms with Crippen molar-refractivity contribution in [1.82, 2.24) is 9.38 Å². The molecule has 0 saturated carbocycles. The van der Waals surface area contributed by atoms with Crippen LogP contribution in [0.1, 0.15) is 31.0 Å². The summed E-state index contributed by atoms with van der Waals surface area (Å²) >= 11 is 0. The summed E-state index contributed by atoms with van der Waals surface area (Å²) < 4.78 is 6.54. The zero-order valence-corrected chi connectivity index (χ0v) is 11.0. The van der Waals surface area contributed by atoms with Gasteiger partial charge in [-0.1, -0.05) is 13.0 Å². The van der Waals surface area contributed by atoms with E-state index in [-0.39, 0.29) is 18.1 Å². The number of carbonyl (C=O) groups excluding carboxylic acids is 1. The van der Waals surface area contributed by atoms with Crippen LogP contribution in [0.5, 0.6) is 0 Å². The third kappa shape index (κ3) is 2.99. The normalized spacial score (nSPS) is 10.6. The van der Waals surface area contributed by atoms with Gasteiger partial charge in [0.05, 0.1) is 5.69 Å². The van der Waals surface area contributed by atoms with Gasteiger partial charge in [0.25, 0.3) is 5.56 Å². The third-order valence-electron chi connectivity index (χ3n) is 2.77. The van der Waals surface area contributed by atoms with Crippen LogP contribution in [-0.2, 0) is 16.1 Å². The van der Waals surface area contributed by atoms with Crippen molar-refractivity contribution in [1.29, 1.82) is 0 Å². The monoisotopic (exact) mass is 260 g/mol. The van der Waals surface area contributed by atoms with E-state index in [1.165, 1.54) is 10.5 Å². The fourth-order valence-corrected chi connectivity index (χ4v) is 1.81. The number of hydrogen-bond donors (Lipinski definition) is 0. The largest absolute Gasteiger partial charge is 0.459 e. The van der Waals surface area contributed by atoms with Gasteiger partial charge in [-0.2, -0.15) is 0 Å². The lowest BCUT2D eigenvalue weighted by Gasteiger charge is -2.07. The van der Waals surface area contributed by atoms with E-state index in [1.54, 1.807) is 12.3 Å². The number of hydrogen-bond acceptors (Lipinski definition) is 4. The highest BCUT2D eigenvalue weighted by atomic mass is 16.5. The summed E-state index contributed by atoms with van der Waals surface area (Å²) in [7, 11) is 0. The standard InChI is InChI=1S/C14H16N2O3/c1-3-5-13(18)19-9-11-8-12(17)16-7-4-6-10(2)14(16)15-11/h4,6-8H,3,5,9H2,1-2H3. The molecule has 0 saturated heterocycles. The Bertz CT molecular complexity index is 661. The molecule has 2 heterocycles. The van der Waals surface area contributed by atoms with Crippen LogP contribution in [0.25, 0.3) is 5.65 Å². The van der Waals surface area contributed by atoms with Crippen LogP contribution in [0.15, 0.2) is 29.2 Å². The molecule has 0 aliphatic carbocycles. The zero-order chi connectivity index (χ0) is 13.8. The highest BCUT2D eigenvalue weighted by Crippen LogP contribution is 2.06. The van der Waals surface area contributed by atoms with Gasteiger partial charge in [0.1, 0.15) is 12.3 Å². The summed E-state index contributed by atoms with van der Waals surface area (Å²) in [4.78, 5) is 27.6. The molecule has 0 amide bonds. The number of pyridine rings is 1. The van der Waals surface area contributed by atoms with Gasteiger partial charge in [0.2, 0.25) is 0 Å². The lowest BCUT2D eigenvalue weighted by Crippen LogP contribution is -2.17. The Balaban J connectivity index is 2.28. The molecule has 0 aliphatic rings. The minimum atomic E-state index is -0.269. The molecule has 5 heteroatoms. The number of rotatable bonds is 4. The summed E-state index contributed by atoms with van der Waals surface area (Å²) in [6.07, 6.45) is 2.79. The number of carbonyl (C=O) groups is 1. The number of aryl methyl sites for hydroxylation is 1. The van der Waals surface area contributed by atoms with Crippen molar-refractivity contribution in [2.75, 3.05) is 0 Å². The SMILES string of the molecule is CCCC(=O)OCc1cc(=O)n2cccc(C)c2n1. The second-order valence-electron chi connectivity index (χ2n) is 4.38. The smallest absolute Gasteiger partial charge is 0.306 e. The minimum absolute atomic E-state index is 0.0406.